The van der Waals surface area contributed by atoms with Crippen LogP contribution < -0.4 is 5.32 Å². The number of nitrogens with one attached hydrogen (secondary N) is 1. The van der Waals surface area contributed by atoms with Crippen molar-refractivity contribution in [3.05, 3.63) is 0 Å². The summed E-state index contributed by atoms with van der Waals surface area (Å²) in [6, 6.07) is 0.612. The summed E-state index contributed by atoms with van der Waals surface area (Å²) in [5.41, 5.74) is 0. The Morgan fingerprint density at radius 1 is 1.12 bits per heavy atom. The summed E-state index contributed by atoms with van der Waals surface area (Å²) in [7, 11) is 0. The molecular formula is C18H29N3O3. The molecule has 3 aliphatic carbocycles. The van der Waals surface area contributed by atoms with E-state index in [0.29, 0.717) is 6.04 Å². The van der Waals surface area contributed by atoms with Gasteiger partial charge in [-0.2, -0.15) is 0 Å². The maximum Gasteiger partial charge on any atom is 0.317 e. The number of hydrogen-bond acceptors (Lipinski definition) is 3. The van der Waals surface area contributed by atoms with Gasteiger partial charge in [-0.25, -0.2) is 4.79 Å². The summed E-state index contributed by atoms with van der Waals surface area (Å²) in [5, 5.41) is 12.1. The minimum absolute atomic E-state index is 0.0973. The van der Waals surface area contributed by atoms with Crippen molar-refractivity contribution in [1.29, 1.82) is 0 Å². The molecule has 0 aromatic rings. The van der Waals surface area contributed by atoms with Crippen LogP contribution in [0.5, 0.6) is 0 Å². The molecule has 6 heteroatoms. The first kappa shape index (κ1) is 16.2. The highest BCUT2D eigenvalue weighted by Gasteiger charge is 2.52. The second-order valence-corrected chi connectivity index (χ2v) is 8.29. The number of hydrogen-bond donors (Lipinski definition) is 2. The van der Waals surface area contributed by atoms with Crippen molar-refractivity contribution in [2.24, 2.45) is 23.7 Å². The Balaban J connectivity index is 1.23. The Labute approximate surface area is 143 Å². The van der Waals surface area contributed by atoms with Gasteiger partial charge in [-0.15, -0.1) is 0 Å². The van der Waals surface area contributed by atoms with E-state index in [1.807, 2.05) is 16.7 Å². The second kappa shape index (κ2) is 6.21. The number of nitrogens with zero attached hydrogens (tertiary/aromatic N) is 2. The first-order valence-electron chi connectivity index (χ1n) is 9.56. The van der Waals surface area contributed by atoms with Crippen LogP contribution in [0.2, 0.25) is 0 Å². The summed E-state index contributed by atoms with van der Waals surface area (Å²) in [4.78, 5) is 27.5. The quantitative estimate of drug-likeness (QED) is 0.801. The molecule has 1 heterocycles. The molecule has 4 aliphatic rings. The number of fused-ring (bicyclic) bond motifs is 5. The van der Waals surface area contributed by atoms with Gasteiger partial charge in [0.05, 0.1) is 6.54 Å². The molecule has 4 unspecified atom stereocenters. The minimum Gasteiger partial charge on any atom is -0.480 e. The van der Waals surface area contributed by atoms with Gasteiger partial charge >= 0.3 is 12.0 Å². The van der Waals surface area contributed by atoms with Gasteiger partial charge in [0, 0.05) is 25.2 Å². The molecule has 134 valence electrons. The summed E-state index contributed by atoms with van der Waals surface area (Å²) in [5.74, 6) is 2.49. The second-order valence-electron chi connectivity index (χ2n) is 8.29. The number of carbonyl (C=O) groups is 2. The molecule has 24 heavy (non-hydrogen) atoms. The fraction of sp³-hybridized carbons (Fsp3) is 0.889. The van der Waals surface area contributed by atoms with Gasteiger partial charge in [0.2, 0.25) is 0 Å². The minimum atomic E-state index is -0.775. The summed E-state index contributed by atoms with van der Waals surface area (Å²) in [6.45, 7) is 4.74. The van der Waals surface area contributed by atoms with E-state index in [4.69, 9.17) is 5.11 Å². The van der Waals surface area contributed by atoms with Gasteiger partial charge in [0.15, 0.2) is 0 Å². The molecule has 4 fully saturated rings. The van der Waals surface area contributed by atoms with Gasteiger partial charge in [0.1, 0.15) is 0 Å². The van der Waals surface area contributed by atoms with Crippen LogP contribution in [-0.2, 0) is 4.79 Å². The number of carboxylic acids is 1. The molecule has 0 spiro atoms. The van der Waals surface area contributed by atoms with Crippen molar-refractivity contribution >= 4 is 12.0 Å². The maximum absolute atomic E-state index is 12.5. The molecule has 6 nitrogen and oxygen atoms in total. The van der Waals surface area contributed by atoms with E-state index in [1.165, 1.54) is 19.3 Å². The van der Waals surface area contributed by atoms with E-state index < -0.39 is 5.97 Å². The summed E-state index contributed by atoms with van der Waals surface area (Å²) >= 11 is 0. The average molecular weight is 335 g/mol. The fourth-order valence-corrected chi connectivity index (χ4v) is 5.79. The van der Waals surface area contributed by atoms with Gasteiger partial charge in [0.25, 0.3) is 0 Å². The van der Waals surface area contributed by atoms with Crippen molar-refractivity contribution in [1.82, 2.24) is 15.1 Å². The molecule has 4 atom stereocenters. The van der Waals surface area contributed by atoms with Crippen molar-refractivity contribution in [3.8, 4) is 0 Å². The lowest BCUT2D eigenvalue weighted by Gasteiger charge is -2.42. The van der Waals surface area contributed by atoms with Crippen LogP contribution in [0.25, 0.3) is 0 Å². The molecule has 1 aliphatic heterocycles. The lowest BCUT2D eigenvalue weighted by atomic mass is 9.82. The average Bonchev–Trinajstić information content (AvgIpc) is 3.19. The number of likely N-dealkylation sites (N-methyl/N-ethyl adjacent to an activating group) is 1. The molecule has 2 amide bonds. The van der Waals surface area contributed by atoms with Gasteiger partial charge in [-0.3, -0.25) is 9.69 Å². The van der Waals surface area contributed by atoms with Gasteiger partial charge in [-0.1, -0.05) is 6.92 Å². The van der Waals surface area contributed by atoms with Crippen LogP contribution in [0.3, 0.4) is 0 Å². The predicted octanol–water partition coefficient (Wildman–Crippen LogP) is 1.61. The fourth-order valence-electron chi connectivity index (χ4n) is 5.79. The number of rotatable bonds is 5. The highest BCUT2D eigenvalue weighted by Crippen LogP contribution is 2.55. The number of aliphatic carboxylic acids is 1. The number of urea groups is 1. The Morgan fingerprint density at radius 3 is 2.29 bits per heavy atom. The number of amides is 2. The molecule has 0 radical (unpaired) electrons. The van der Waals surface area contributed by atoms with E-state index in [-0.39, 0.29) is 18.6 Å². The maximum atomic E-state index is 12.5. The predicted molar refractivity (Wildman–Crippen MR) is 89.6 cm³/mol. The highest BCUT2D eigenvalue weighted by molar-refractivity contribution is 5.75. The van der Waals surface area contributed by atoms with Crippen LogP contribution in [-0.4, -0.2) is 65.2 Å². The Kier molecular flexibility index (Phi) is 4.19. The molecule has 0 aromatic carbocycles. The third-order valence-corrected chi connectivity index (χ3v) is 7.13. The molecule has 3 saturated carbocycles. The van der Waals surface area contributed by atoms with E-state index in [9.17, 15) is 9.59 Å². The number of likely N-dealkylation sites (tertiary alicyclic amines) is 1. The largest absolute Gasteiger partial charge is 0.480 e. The lowest BCUT2D eigenvalue weighted by molar-refractivity contribution is -0.139. The molecule has 1 saturated heterocycles. The Morgan fingerprint density at radius 2 is 1.75 bits per heavy atom. The van der Waals surface area contributed by atoms with Crippen LogP contribution in [0, 0.1) is 23.7 Å². The topological polar surface area (TPSA) is 72.9 Å². The number of carboxylic acid groups (broad SMARTS) is 1. The van der Waals surface area contributed by atoms with Crippen LogP contribution >= 0.6 is 0 Å². The van der Waals surface area contributed by atoms with Crippen LogP contribution in [0.4, 0.5) is 4.79 Å². The number of carbonyl (C=O) groups excluding carboxylic acids is 1. The highest BCUT2D eigenvalue weighted by atomic mass is 16.4. The smallest absolute Gasteiger partial charge is 0.317 e. The Bertz CT molecular complexity index is 502. The van der Waals surface area contributed by atoms with Crippen LogP contribution in [0.15, 0.2) is 0 Å². The van der Waals surface area contributed by atoms with Gasteiger partial charge in [-0.05, 0) is 62.3 Å². The standard InChI is InChI=1S/C18H29N3O3/c1-2-20(10-17(22)23)14-6-13(7-14)19-18(24)21-8-15-11-3-4-12(5-11)16(15)9-21/h11-16H,2-10H2,1H3,(H,19,24)(H,22,23). The molecule has 4 rings (SSSR count). The van der Waals surface area contributed by atoms with E-state index >= 15 is 0 Å². The third-order valence-electron chi connectivity index (χ3n) is 7.13. The third kappa shape index (κ3) is 2.79. The monoisotopic (exact) mass is 335 g/mol. The summed E-state index contributed by atoms with van der Waals surface area (Å²) in [6.07, 6.45) is 5.91. The lowest BCUT2D eigenvalue weighted by Crippen LogP contribution is -2.56. The Hall–Kier alpha value is -1.30. The van der Waals surface area contributed by atoms with Crippen molar-refractivity contribution in [3.63, 3.8) is 0 Å². The zero-order valence-electron chi connectivity index (χ0n) is 14.5. The first-order valence-corrected chi connectivity index (χ1v) is 9.56. The first-order chi connectivity index (χ1) is 11.5. The van der Waals surface area contributed by atoms with E-state index in [2.05, 4.69) is 5.32 Å². The van der Waals surface area contributed by atoms with E-state index in [1.54, 1.807) is 0 Å². The van der Waals surface area contributed by atoms with Crippen LogP contribution in [0.1, 0.15) is 39.0 Å². The van der Waals surface area contributed by atoms with Gasteiger partial charge < -0.3 is 15.3 Å². The normalized spacial score (nSPS) is 39.8. The molecule has 0 aromatic heterocycles. The molecule has 2 N–H and O–H groups in total. The van der Waals surface area contributed by atoms with E-state index in [0.717, 1.165) is 56.1 Å². The molecule has 2 bridgehead atoms. The summed E-state index contributed by atoms with van der Waals surface area (Å²) < 4.78 is 0. The zero-order chi connectivity index (χ0) is 16.8. The molecular weight excluding hydrogens is 306 g/mol. The zero-order valence-corrected chi connectivity index (χ0v) is 14.5. The SMILES string of the molecule is CCN(CC(=O)O)C1CC(NC(=O)N2CC3C4CCC(C4)C3C2)C1. The van der Waals surface area contributed by atoms with Crippen molar-refractivity contribution in [2.75, 3.05) is 26.2 Å². The van der Waals surface area contributed by atoms with Crippen molar-refractivity contribution in [2.45, 2.75) is 51.1 Å². The van der Waals surface area contributed by atoms with Crippen molar-refractivity contribution < 1.29 is 14.7 Å².